The largest absolute Gasteiger partial charge is 0.364 e. The van der Waals surface area contributed by atoms with E-state index in [1.165, 1.54) is 30.5 Å². The lowest BCUT2D eigenvalue weighted by Crippen LogP contribution is -2.08. The third-order valence-electron chi connectivity index (χ3n) is 3.54. The fourth-order valence-corrected chi connectivity index (χ4v) is 2.53. The Morgan fingerprint density at radius 2 is 1.95 bits per heavy atom. The Labute approximate surface area is 113 Å². The number of fused-ring (bicyclic) bond motifs is 1. The quantitative estimate of drug-likeness (QED) is 0.856. The van der Waals surface area contributed by atoms with E-state index in [0.29, 0.717) is 6.54 Å². The summed E-state index contributed by atoms with van der Waals surface area (Å²) >= 11 is 0. The molecule has 0 radical (unpaired) electrons. The van der Waals surface area contributed by atoms with Crippen molar-refractivity contribution in [2.45, 2.75) is 38.6 Å². The maximum absolute atomic E-state index is 4.43. The average molecular weight is 254 g/mol. The molecule has 0 amide bonds. The highest BCUT2D eigenvalue weighted by Crippen LogP contribution is 2.23. The first kappa shape index (κ1) is 12.1. The van der Waals surface area contributed by atoms with Gasteiger partial charge in [-0.1, -0.05) is 12.5 Å². The maximum atomic E-state index is 4.43. The predicted octanol–water partition coefficient (Wildman–Crippen LogP) is 2.75. The van der Waals surface area contributed by atoms with Crippen molar-refractivity contribution in [2.24, 2.45) is 0 Å². The van der Waals surface area contributed by atoms with Gasteiger partial charge in [-0.3, -0.25) is 4.98 Å². The van der Waals surface area contributed by atoms with E-state index < -0.39 is 0 Å². The van der Waals surface area contributed by atoms with Crippen molar-refractivity contribution < 1.29 is 0 Å². The molecule has 0 aromatic carbocycles. The molecular formula is C15H18N4. The number of hydrogen-bond acceptors (Lipinski definition) is 4. The minimum Gasteiger partial charge on any atom is -0.364 e. The van der Waals surface area contributed by atoms with Crippen molar-refractivity contribution >= 4 is 5.82 Å². The molecule has 0 unspecified atom stereocenters. The SMILES string of the molecule is c1ccc(CNc2ncnc3c2CCCCC3)nc1. The second-order valence-corrected chi connectivity index (χ2v) is 4.88. The number of nitrogens with one attached hydrogen (secondary N) is 1. The molecule has 1 N–H and O–H groups in total. The Balaban J connectivity index is 1.78. The van der Waals surface area contributed by atoms with E-state index in [4.69, 9.17) is 0 Å². The van der Waals surface area contributed by atoms with Crippen LogP contribution in [0.1, 0.15) is 36.2 Å². The number of hydrogen-bond donors (Lipinski definition) is 1. The summed E-state index contributed by atoms with van der Waals surface area (Å²) in [5.41, 5.74) is 3.55. The summed E-state index contributed by atoms with van der Waals surface area (Å²) in [6.45, 7) is 0.713. The van der Waals surface area contributed by atoms with Crippen LogP contribution in [-0.2, 0) is 19.4 Å². The molecule has 1 aliphatic carbocycles. The number of nitrogens with zero attached hydrogens (tertiary/aromatic N) is 3. The zero-order valence-corrected chi connectivity index (χ0v) is 11.0. The van der Waals surface area contributed by atoms with Crippen LogP contribution in [0.3, 0.4) is 0 Å². The standard InChI is InChI=1S/C15H18N4/c1-2-7-13-14(8-3-1)18-11-19-15(13)17-10-12-6-4-5-9-16-12/h4-6,9,11H,1-3,7-8,10H2,(H,17,18,19). The number of aryl methyl sites for hydroxylation is 1. The molecule has 98 valence electrons. The van der Waals surface area contributed by atoms with Gasteiger partial charge in [-0.25, -0.2) is 9.97 Å². The van der Waals surface area contributed by atoms with Gasteiger partial charge in [0.1, 0.15) is 12.1 Å². The molecule has 2 heterocycles. The lowest BCUT2D eigenvalue weighted by molar-refractivity contribution is 0.708. The zero-order chi connectivity index (χ0) is 12.9. The molecule has 4 nitrogen and oxygen atoms in total. The van der Waals surface area contributed by atoms with Crippen LogP contribution in [-0.4, -0.2) is 15.0 Å². The van der Waals surface area contributed by atoms with Crippen LogP contribution in [0.2, 0.25) is 0 Å². The van der Waals surface area contributed by atoms with Gasteiger partial charge in [0.05, 0.1) is 12.2 Å². The van der Waals surface area contributed by atoms with Crippen LogP contribution in [0.5, 0.6) is 0 Å². The third kappa shape index (κ3) is 2.89. The van der Waals surface area contributed by atoms with Gasteiger partial charge in [0, 0.05) is 17.5 Å². The summed E-state index contributed by atoms with van der Waals surface area (Å²) < 4.78 is 0. The van der Waals surface area contributed by atoms with Gasteiger partial charge in [0.25, 0.3) is 0 Å². The second kappa shape index (κ2) is 5.78. The Morgan fingerprint density at radius 1 is 1.00 bits per heavy atom. The Morgan fingerprint density at radius 3 is 2.84 bits per heavy atom. The molecule has 0 saturated carbocycles. The van der Waals surface area contributed by atoms with Gasteiger partial charge >= 0.3 is 0 Å². The van der Waals surface area contributed by atoms with Gasteiger partial charge < -0.3 is 5.32 Å². The molecule has 0 spiro atoms. The van der Waals surface area contributed by atoms with Gasteiger partial charge in [0.15, 0.2) is 0 Å². The average Bonchev–Trinajstić information content (AvgIpc) is 2.72. The minimum absolute atomic E-state index is 0.713. The highest BCUT2D eigenvalue weighted by atomic mass is 15.0. The van der Waals surface area contributed by atoms with E-state index in [1.54, 1.807) is 6.33 Å². The molecule has 0 aliphatic heterocycles. The molecule has 0 saturated heterocycles. The molecule has 19 heavy (non-hydrogen) atoms. The number of rotatable bonds is 3. The predicted molar refractivity (Wildman–Crippen MR) is 74.9 cm³/mol. The Kier molecular flexibility index (Phi) is 3.68. The smallest absolute Gasteiger partial charge is 0.133 e. The summed E-state index contributed by atoms with van der Waals surface area (Å²) in [6.07, 6.45) is 9.41. The first-order chi connectivity index (χ1) is 9.43. The van der Waals surface area contributed by atoms with Crippen molar-refractivity contribution in [1.82, 2.24) is 15.0 Å². The van der Waals surface area contributed by atoms with Gasteiger partial charge in [0.2, 0.25) is 0 Å². The van der Waals surface area contributed by atoms with Gasteiger partial charge in [-0.05, 0) is 37.8 Å². The van der Waals surface area contributed by atoms with Crippen LogP contribution in [0.15, 0.2) is 30.7 Å². The molecular weight excluding hydrogens is 236 g/mol. The molecule has 2 aromatic heterocycles. The fraction of sp³-hybridized carbons (Fsp3) is 0.400. The molecule has 0 bridgehead atoms. The Bertz CT molecular complexity index is 539. The van der Waals surface area contributed by atoms with Gasteiger partial charge in [-0.2, -0.15) is 0 Å². The van der Waals surface area contributed by atoms with Crippen LogP contribution in [0.4, 0.5) is 5.82 Å². The number of aromatic nitrogens is 3. The van der Waals surface area contributed by atoms with Crippen LogP contribution < -0.4 is 5.32 Å². The highest BCUT2D eigenvalue weighted by molar-refractivity contribution is 5.46. The monoisotopic (exact) mass is 254 g/mol. The lowest BCUT2D eigenvalue weighted by Gasteiger charge is -2.12. The van der Waals surface area contributed by atoms with Crippen LogP contribution >= 0.6 is 0 Å². The van der Waals surface area contributed by atoms with E-state index in [1.807, 2.05) is 24.4 Å². The van der Waals surface area contributed by atoms with E-state index in [2.05, 4.69) is 20.3 Å². The topological polar surface area (TPSA) is 50.7 Å². The van der Waals surface area contributed by atoms with Crippen molar-refractivity contribution in [3.8, 4) is 0 Å². The molecule has 1 aliphatic rings. The molecule has 3 rings (SSSR count). The molecule has 0 fully saturated rings. The third-order valence-corrected chi connectivity index (χ3v) is 3.54. The first-order valence-electron chi connectivity index (χ1n) is 6.90. The maximum Gasteiger partial charge on any atom is 0.133 e. The van der Waals surface area contributed by atoms with Crippen LogP contribution in [0.25, 0.3) is 0 Å². The fourth-order valence-electron chi connectivity index (χ4n) is 2.53. The van der Waals surface area contributed by atoms with E-state index in [0.717, 1.165) is 24.4 Å². The first-order valence-corrected chi connectivity index (χ1v) is 6.90. The molecule has 4 heteroatoms. The van der Waals surface area contributed by atoms with Crippen molar-refractivity contribution in [3.63, 3.8) is 0 Å². The van der Waals surface area contributed by atoms with E-state index in [9.17, 15) is 0 Å². The van der Waals surface area contributed by atoms with Gasteiger partial charge in [-0.15, -0.1) is 0 Å². The number of anilines is 1. The van der Waals surface area contributed by atoms with Crippen molar-refractivity contribution in [2.75, 3.05) is 5.32 Å². The summed E-state index contributed by atoms with van der Waals surface area (Å²) in [5.74, 6) is 0.984. The van der Waals surface area contributed by atoms with E-state index >= 15 is 0 Å². The van der Waals surface area contributed by atoms with Crippen LogP contribution in [0, 0.1) is 0 Å². The van der Waals surface area contributed by atoms with E-state index in [-0.39, 0.29) is 0 Å². The summed E-state index contributed by atoms with van der Waals surface area (Å²) in [4.78, 5) is 13.1. The van der Waals surface area contributed by atoms with Crippen molar-refractivity contribution in [1.29, 1.82) is 0 Å². The Hall–Kier alpha value is -1.97. The highest BCUT2D eigenvalue weighted by Gasteiger charge is 2.13. The minimum atomic E-state index is 0.713. The number of pyridine rings is 1. The summed E-state index contributed by atoms with van der Waals surface area (Å²) in [7, 11) is 0. The second-order valence-electron chi connectivity index (χ2n) is 4.88. The summed E-state index contributed by atoms with van der Waals surface area (Å²) in [6, 6.07) is 5.96. The molecule has 2 aromatic rings. The normalized spacial score (nSPS) is 14.5. The molecule has 0 atom stereocenters. The van der Waals surface area contributed by atoms with Crippen molar-refractivity contribution in [3.05, 3.63) is 47.7 Å². The lowest BCUT2D eigenvalue weighted by atomic mass is 10.1. The zero-order valence-electron chi connectivity index (χ0n) is 11.0. The summed E-state index contributed by atoms with van der Waals surface area (Å²) in [5, 5.41) is 3.40.